The van der Waals surface area contributed by atoms with Gasteiger partial charge in [0.15, 0.2) is 0 Å². The molecule has 1 saturated heterocycles. The molecule has 31 heavy (non-hydrogen) atoms. The summed E-state index contributed by atoms with van der Waals surface area (Å²) in [6.07, 6.45) is 5.00. The number of hydrogen-bond donors (Lipinski definition) is 0. The van der Waals surface area contributed by atoms with Crippen molar-refractivity contribution >= 4 is 11.9 Å². The number of halogens is 1. The Kier molecular flexibility index (Phi) is 5.71. The Bertz CT molecular complexity index is 1100. The Hall–Kier alpha value is -3.29. The quantitative estimate of drug-likeness (QED) is 0.645. The zero-order valence-corrected chi connectivity index (χ0v) is 18.3. The Morgan fingerprint density at radius 3 is 2.55 bits per heavy atom. The van der Waals surface area contributed by atoms with Crippen LogP contribution < -0.4 is 4.90 Å². The summed E-state index contributed by atoms with van der Waals surface area (Å²) in [6.45, 7) is 3.19. The lowest BCUT2D eigenvalue weighted by Crippen LogP contribution is -2.38. The zero-order valence-electron chi connectivity index (χ0n) is 18.3. The van der Waals surface area contributed by atoms with Crippen LogP contribution in [0.15, 0.2) is 36.7 Å². The van der Waals surface area contributed by atoms with Crippen molar-refractivity contribution in [1.29, 1.82) is 0 Å². The Morgan fingerprint density at radius 2 is 1.94 bits per heavy atom. The monoisotopic (exact) mass is 422 g/mol. The molecule has 1 aliphatic heterocycles. The van der Waals surface area contributed by atoms with Crippen LogP contribution in [0.3, 0.4) is 0 Å². The van der Waals surface area contributed by atoms with Crippen molar-refractivity contribution in [3.8, 4) is 11.1 Å². The summed E-state index contributed by atoms with van der Waals surface area (Å²) < 4.78 is 15.6. The molecule has 1 fully saturated rings. The van der Waals surface area contributed by atoms with Gasteiger partial charge in [0.2, 0.25) is 5.95 Å². The van der Waals surface area contributed by atoms with Gasteiger partial charge in [-0.1, -0.05) is 12.1 Å². The van der Waals surface area contributed by atoms with Crippen LogP contribution in [0.25, 0.3) is 11.1 Å². The zero-order chi connectivity index (χ0) is 22.1. The second kappa shape index (κ2) is 8.45. The third kappa shape index (κ3) is 4.15. The summed E-state index contributed by atoms with van der Waals surface area (Å²) in [5.74, 6) is 0.525. The first-order valence-corrected chi connectivity index (χ1v) is 10.4. The third-order valence-corrected chi connectivity index (χ3v) is 5.98. The van der Waals surface area contributed by atoms with E-state index in [9.17, 15) is 9.18 Å². The maximum atomic E-state index is 13.9. The predicted octanol–water partition coefficient (Wildman–Crippen LogP) is 3.41. The molecule has 1 amide bonds. The highest BCUT2D eigenvalue weighted by molar-refractivity contribution is 5.95. The van der Waals surface area contributed by atoms with Crippen LogP contribution in [0, 0.1) is 12.7 Å². The van der Waals surface area contributed by atoms with Gasteiger partial charge in [-0.3, -0.25) is 9.48 Å². The molecule has 0 bridgehead atoms. The lowest BCUT2D eigenvalue weighted by atomic mass is 9.88. The highest BCUT2D eigenvalue weighted by Crippen LogP contribution is 2.35. The van der Waals surface area contributed by atoms with Crippen LogP contribution in [0.5, 0.6) is 0 Å². The molecule has 0 unspecified atom stereocenters. The lowest BCUT2D eigenvalue weighted by molar-refractivity contribution is 0.0711. The number of benzene rings is 1. The molecule has 7 nitrogen and oxygen atoms in total. The van der Waals surface area contributed by atoms with E-state index < -0.39 is 0 Å². The number of likely N-dealkylation sites (tertiary alicyclic amines) is 1. The summed E-state index contributed by atoms with van der Waals surface area (Å²) in [7, 11) is 5.64. The number of carbonyl (C=O) groups is 1. The molecule has 8 heteroatoms. The summed E-state index contributed by atoms with van der Waals surface area (Å²) in [4.78, 5) is 26.0. The number of hydrogen-bond acceptors (Lipinski definition) is 5. The minimum atomic E-state index is -0.285. The molecule has 0 saturated carbocycles. The van der Waals surface area contributed by atoms with Crippen molar-refractivity contribution in [1.82, 2.24) is 24.6 Å². The molecule has 0 N–H and O–H groups in total. The van der Waals surface area contributed by atoms with Crippen molar-refractivity contribution in [2.24, 2.45) is 7.05 Å². The molecule has 3 aromatic rings. The fraction of sp³-hybridized carbons (Fsp3) is 0.391. The number of anilines is 1. The molecular weight excluding hydrogens is 395 g/mol. The maximum Gasteiger partial charge on any atom is 0.257 e. The minimum absolute atomic E-state index is 0.0195. The normalized spacial score (nSPS) is 14.7. The van der Waals surface area contributed by atoms with Gasteiger partial charge in [-0.25, -0.2) is 14.4 Å². The van der Waals surface area contributed by atoms with Gasteiger partial charge in [-0.05, 0) is 37.5 Å². The van der Waals surface area contributed by atoms with Crippen molar-refractivity contribution in [3.05, 3.63) is 59.4 Å². The highest BCUT2D eigenvalue weighted by atomic mass is 19.1. The second-order valence-electron chi connectivity index (χ2n) is 8.21. The van der Waals surface area contributed by atoms with Crippen LogP contribution in [-0.4, -0.2) is 57.7 Å². The van der Waals surface area contributed by atoms with Gasteiger partial charge in [0.1, 0.15) is 5.82 Å². The lowest BCUT2D eigenvalue weighted by Gasteiger charge is -2.32. The molecule has 2 aromatic heterocycles. The Labute approximate surface area is 181 Å². The molecular formula is C23H27FN6O. The Balaban J connectivity index is 1.59. The average Bonchev–Trinajstić information content (AvgIpc) is 3.11. The average molecular weight is 423 g/mol. The van der Waals surface area contributed by atoms with Crippen LogP contribution >= 0.6 is 0 Å². The fourth-order valence-electron chi connectivity index (χ4n) is 4.03. The number of piperidine rings is 1. The van der Waals surface area contributed by atoms with Crippen molar-refractivity contribution < 1.29 is 9.18 Å². The Morgan fingerprint density at radius 1 is 1.19 bits per heavy atom. The molecule has 0 atom stereocenters. The predicted molar refractivity (Wildman–Crippen MR) is 118 cm³/mol. The van der Waals surface area contributed by atoms with E-state index in [2.05, 4.69) is 10.1 Å². The van der Waals surface area contributed by atoms with Gasteiger partial charge < -0.3 is 9.80 Å². The first kappa shape index (κ1) is 21.0. The van der Waals surface area contributed by atoms with Gasteiger partial charge in [0.25, 0.3) is 5.91 Å². The molecule has 1 aliphatic rings. The standard InChI is InChI=1S/C23H27FN6O/c1-15-19(14-26-29(15)4)22(31)30-10-8-16(9-11-30)21-20(13-25-23(27-21)28(2)3)17-6-5-7-18(24)12-17/h5-7,12-14,16H,8-11H2,1-4H3. The second-order valence-corrected chi connectivity index (χ2v) is 8.21. The third-order valence-electron chi connectivity index (χ3n) is 5.98. The summed E-state index contributed by atoms with van der Waals surface area (Å²) in [5, 5.41) is 4.19. The minimum Gasteiger partial charge on any atom is -0.347 e. The number of nitrogens with zero attached hydrogens (tertiary/aromatic N) is 6. The number of carbonyl (C=O) groups excluding carboxylic acids is 1. The van der Waals surface area contributed by atoms with Crippen molar-refractivity contribution in [2.45, 2.75) is 25.7 Å². The number of aryl methyl sites for hydroxylation is 1. The van der Waals surface area contributed by atoms with E-state index in [4.69, 9.17) is 4.98 Å². The van der Waals surface area contributed by atoms with Crippen LogP contribution in [0.1, 0.15) is 40.5 Å². The number of rotatable bonds is 4. The van der Waals surface area contributed by atoms with E-state index >= 15 is 0 Å². The van der Waals surface area contributed by atoms with E-state index in [0.29, 0.717) is 24.6 Å². The molecule has 4 rings (SSSR count). The smallest absolute Gasteiger partial charge is 0.257 e. The van der Waals surface area contributed by atoms with Gasteiger partial charge in [-0.15, -0.1) is 0 Å². The summed E-state index contributed by atoms with van der Waals surface area (Å²) >= 11 is 0. The molecule has 162 valence electrons. The van der Waals surface area contributed by atoms with Gasteiger partial charge in [0.05, 0.1) is 17.5 Å². The van der Waals surface area contributed by atoms with E-state index in [-0.39, 0.29) is 17.6 Å². The molecule has 3 heterocycles. The topological polar surface area (TPSA) is 67.2 Å². The van der Waals surface area contributed by atoms with Crippen LogP contribution in [0.2, 0.25) is 0 Å². The van der Waals surface area contributed by atoms with Crippen LogP contribution in [-0.2, 0) is 7.05 Å². The first-order valence-electron chi connectivity index (χ1n) is 10.4. The number of aromatic nitrogens is 4. The molecule has 0 aliphatic carbocycles. The first-order chi connectivity index (χ1) is 14.8. The molecule has 0 radical (unpaired) electrons. The molecule has 0 spiro atoms. The van der Waals surface area contributed by atoms with E-state index in [1.165, 1.54) is 12.1 Å². The van der Waals surface area contributed by atoms with E-state index in [1.807, 2.05) is 43.9 Å². The van der Waals surface area contributed by atoms with E-state index in [0.717, 1.165) is 35.4 Å². The van der Waals surface area contributed by atoms with Crippen molar-refractivity contribution in [3.63, 3.8) is 0 Å². The summed E-state index contributed by atoms with van der Waals surface area (Å²) in [5.41, 5.74) is 4.04. The van der Waals surface area contributed by atoms with Gasteiger partial charge in [-0.2, -0.15) is 5.10 Å². The highest BCUT2D eigenvalue weighted by Gasteiger charge is 2.29. The SMILES string of the molecule is Cc1c(C(=O)N2CCC(c3nc(N(C)C)ncc3-c3cccc(F)c3)CC2)cnn1C. The van der Waals surface area contributed by atoms with Crippen molar-refractivity contribution in [2.75, 3.05) is 32.1 Å². The van der Waals surface area contributed by atoms with Gasteiger partial charge >= 0.3 is 0 Å². The van der Waals surface area contributed by atoms with E-state index in [1.54, 1.807) is 23.1 Å². The van der Waals surface area contributed by atoms with Gasteiger partial charge in [0, 0.05) is 57.6 Å². The summed E-state index contributed by atoms with van der Waals surface area (Å²) in [6, 6.07) is 6.53. The van der Waals surface area contributed by atoms with Crippen LogP contribution in [0.4, 0.5) is 10.3 Å². The number of amides is 1. The molecule has 1 aromatic carbocycles. The fourth-order valence-corrected chi connectivity index (χ4v) is 4.03. The maximum absolute atomic E-state index is 13.9. The largest absolute Gasteiger partial charge is 0.347 e.